The molecule has 3 heterocycles. The largest absolute Gasteiger partial charge is 0.737 e. The van der Waals surface area contributed by atoms with Crippen molar-refractivity contribution in [1.82, 2.24) is 4.48 Å². The smallest absolute Gasteiger partial charge is 0.497 e. The SMILES string of the molecule is COc1ccc(C#CC2=C(C)C3=C(C)c4c(C)c(C(=C(C#N)C#N)C(=C(C#N)C#N)c5ccc(OC)cc5)c(C)n4[B-](F)(F)[N+]3=C2C)cc1. The third kappa shape index (κ3) is 5.27. The zero-order chi connectivity index (χ0) is 35.8. The predicted octanol–water partition coefficient (Wildman–Crippen LogP) is 7.25. The van der Waals surface area contributed by atoms with Crippen molar-refractivity contribution in [2.75, 3.05) is 14.2 Å². The van der Waals surface area contributed by atoms with E-state index in [1.54, 1.807) is 83.3 Å². The van der Waals surface area contributed by atoms with Crippen LogP contribution in [-0.2, 0) is 0 Å². The van der Waals surface area contributed by atoms with Gasteiger partial charge in [0.1, 0.15) is 52.6 Å². The molecule has 2 aliphatic heterocycles. The molecular formula is C38H29BF2N6O2. The number of nitrogens with zero attached hydrogens (tertiary/aromatic N) is 6. The molecule has 240 valence electrons. The summed E-state index contributed by atoms with van der Waals surface area (Å²) < 4.78 is 46.6. The van der Waals surface area contributed by atoms with Crippen LogP contribution in [0.1, 0.15) is 54.4 Å². The second-order valence-corrected chi connectivity index (χ2v) is 11.5. The molecule has 0 radical (unpaired) electrons. The molecule has 2 aromatic carbocycles. The van der Waals surface area contributed by atoms with Crippen LogP contribution in [0.25, 0.3) is 16.7 Å². The maximum Gasteiger partial charge on any atom is 0.737 e. The van der Waals surface area contributed by atoms with Gasteiger partial charge in [-0.2, -0.15) is 21.0 Å². The number of benzene rings is 2. The molecule has 0 saturated carbocycles. The van der Waals surface area contributed by atoms with Crippen molar-refractivity contribution in [2.45, 2.75) is 34.6 Å². The average Bonchev–Trinajstić information content (AvgIpc) is 3.53. The molecule has 0 atom stereocenters. The molecule has 0 spiro atoms. The highest BCUT2D eigenvalue weighted by Gasteiger charge is 2.56. The van der Waals surface area contributed by atoms with E-state index in [1.165, 1.54) is 14.0 Å². The van der Waals surface area contributed by atoms with Gasteiger partial charge in [-0.1, -0.05) is 24.0 Å². The first-order chi connectivity index (χ1) is 23.4. The van der Waals surface area contributed by atoms with Crippen molar-refractivity contribution in [3.8, 4) is 47.6 Å². The van der Waals surface area contributed by atoms with Gasteiger partial charge < -0.3 is 27.1 Å². The minimum absolute atomic E-state index is 0.0172. The minimum Gasteiger partial charge on any atom is -0.497 e. The first kappa shape index (κ1) is 33.7. The van der Waals surface area contributed by atoms with Crippen molar-refractivity contribution >= 4 is 29.4 Å². The summed E-state index contributed by atoms with van der Waals surface area (Å²) in [6, 6.07) is 21.0. The second-order valence-electron chi connectivity index (χ2n) is 11.5. The predicted molar refractivity (Wildman–Crippen MR) is 183 cm³/mol. The highest BCUT2D eigenvalue weighted by Crippen LogP contribution is 2.48. The summed E-state index contributed by atoms with van der Waals surface area (Å²) in [6.45, 7) is 3.74. The summed E-state index contributed by atoms with van der Waals surface area (Å²) in [5.74, 6) is 7.36. The van der Waals surface area contributed by atoms with E-state index < -0.39 is 12.5 Å². The average molecular weight is 650 g/mol. The number of allylic oxidation sites excluding steroid dienone is 7. The minimum atomic E-state index is -4.52. The van der Waals surface area contributed by atoms with Crippen LogP contribution in [0, 0.1) is 71.0 Å². The molecule has 49 heavy (non-hydrogen) atoms. The summed E-state index contributed by atoms with van der Waals surface area (Å²) in [7, 11) is 3.05. The molecule has 5 rings (SSSR count). The molecule has 11 heteroatoms. The van der Waals surface area contributed by atoms with Crippen LogP contribution < -0.4 is 9.47 Å². The molecule has 0 bridgehead atoms. The van der Waals surface area contributed by atoms with E-state index in [9.17, 15) is 21.0 Å². The Kier molecular flexibility index (Phi) is 8.88. The Morgan fingerprint density at radius 3 is 1.73 bits per heavy atom. The van der Waals surface area contributed by atoms with E-state index in [2.05, 4.69) is 11.8 Å². The normalized spacial score (nSPS) is 13.9. The summed E-state index contributed by atoms with van der Waals surface area (Å²) >= 11 is 0. The van der Waals surface area contributed by atoms with E-state index in [-0.39, 0.29) is 39.4 Å². The first-order valence-corrected chi connectivity index (χ1v) is 15.1. The molecule has 0 amide bonds. The van der Waals surface area contributed by atoms with Gasteiger partial charge in [-0.05, 0) is 80.9 Å². The molecule has 2 aliphatic rings. The number of hydrogen-bond donors (Lipinski definition) is 0. The lowest BCUT2D eigenvalue weighted by Gasteiger charge is -2.32. The van der Waals surface area contributed by atoms with E-state index in [0.717, 1.165) is 8.96 Å². The Morgan fingerprint density at radius 1 is 0.714 bits per heavy atom. The van der Waals surface area contributed by atoms with E-state index >= 15 is 8.63 Å². The summed E-state index contributed by atoms with van der Waals surface area (Å²) in [5, 5.41) is 40.4. The van der Waals surface area contributed by atoms with Crippen LogP contribution >= 0.6 is 0 Å². The highest BCUT2D eigenvalue weighted by molar-refractivity contribution is 6.58. The molecule has 0 unspecified atom stereocenters. The number of ether oxygens (including phenoxy) is 2. The van der Waals surface area contributed by atoms with Gasteiger partial charge in [-0.25, -0.2) is 0 Å². The van der Waals surface area contributed by atoms with E-state index in [1.807, 2.05) is 24.3 Å². The van der Waals surface area contributed by atoms with Crippen LogP contribution in [0.4, 0.5) is 8.63 Å². The van der Waals surface area contributed by atoms with Crippen LogP contribution in [0.15, 0.2) is 76.5 Å². The molecule has 0 fully saturated rings. The van der Waals surface area contributed by atoms with Gasteiger partial charge in [-0.15, -0.1) is 0 Å². The van der Waals surface area contributed by atoms with Gasteiger partial charge in [0.15, 0.2) is 5.70 Å². The highest BCUT2D eigenvalue weighted by atomic mass is 19.2. The number of methoxy groups -OCH3 is 2. The Balaban J connectivity index is 1.82. The molecular weight excluding hydrogens is 621 g/mol. The van der Waals surface area contributed by atoms with E-state index in [4.69, 9.17) is 9.47 Å². The fourth-order valence-electron chi connectivity index (χ4n) is 6.83. The number of aromatic nitrogens is 1. The third-order valence-electron chi connectivity index (χ3n) is 8.97. The molecule has 1 aromatic heterocycles. The molecule has 8 nitrogen and oxygen atoms in total. The topological polar surface area (TPSA) is 122 Å². The lowest BCUT2D eigenvalue weighted by Crippen LogP contribution is -2.51. The number of rotatable bonds is 5. The lowest BCUT2D eigenvalue weighted by atomic mass is 9.84. The quantitative estimate of drug-likeness (QED) is 0.124. The van der Waals surface area contributed by atoms with Gasteiger partial charge in [-0.3, -0.25) is 0 Å². The van der Waals surface area contributed by atoms with Crippen LogP contribution in [0.3, 0.4) is 0 Å². The molecule has 0 N–H and O–H groups in total. The van der Waals surface area contributed by atoms with Crippen molar-refractivity contribution < 1.29 is 22.6 Å². The van der Waals surface area contributed by atoms with Crippen LogP contribution in [-0.4, -0.2) is 35.9 Å². The van der Waals surface area contributed by atoms with Gasteiger partial charge in [0, 0.05) is 46.0 Å². The van der Waals surface area contributed by atoms with Gasteiger partial charge in [0.25, 0.3) is 0 Å². The van der Waals surface area contributed by atoms with Crippen LogP contribution in [0.5, 0.6) is 11.5 Å². The van der Waals surface area contributed by atoms with Crippen molar-refractivity contribution in [3.63, 3.8) is 0 Å². The first-order valence-electron chi connectivity index (χ1n) is 15.1. The molecule has 0 aliphatic carbocycles. The monoisotopic (exact) mass is 650 g/mol. The summed E-state index contributed by atoms with van der Waals surface area (Å²) in [5.41, 5.74) is 3.18. The number of fused-ring (bicyclic) bond motifs is 2. The number of hydrogen-bond acceptors (Lipinski definition) is 6. The fraction of sp³-hybridized carbons (Fsp3) is 0.184. The van der Waals surface area contributed by atoms with Gasteiger partial charge in [0.2, 0.25) is 0 Å². The fourth-order valence-corrected chi connectivity index (χ4v) is 6.83. The molecule has 3 aromatic rings. The lowest BCUT2D eigenvalue weighted by molar-refractivity contribution is -0.363. The number of halogens is 2. The Hall–Kier alpha value is -6.61. The Labute approximate surface area is 283 Å². The maximum absolute atomic E-state index is 17.1. The van der Waals surface area contributed by atoms with Gasteiger partial charge >= 0.3 is 6.97 Å². The van der Waals surface area contributed by atoms with E-state index in [0.29, 0.717) is 50.6 Å². The number of nitriles is 4. The summed E-state index contributed by atoms with van der Waals surface area (Å²) in [6.07, 6.45) is 0. The van der Waals surface area contributed by atoms with Crippen molar-refractivity contribution in [1.29, 1.82) is 21.0 Å². The Morgan fingerprint density at radius 2 is 1.22 bits per heavy atom. The Bertz CT molecular complexity index is 2320. The maximum atomic E-state index is 17.1. The van der Waals surface area contributed by atoms with Crippen molar-refractivity contribution in [2.24, 2.45) is 0 Å². The summed E-state index contributed by atoms with van der Waals surface area (Å²) in [4.78, 5) is 0. The van der Waals surface area contributed by atoms with Gasteiger partial charge in [0.05, 0.1) is 19.8 Å². The third-order valence-corrected chi connectivity index (χ3v) is 8.97. The van der Waals surface area contributed by atoms with Crippen molar-refractivity contribution in [3.05, 3.63) is 110 Å². The zero-order valence-corrected chi connectivity index (χ0v) is 28.0. The van der Waals surface area contributed by atoms with Crippen LogP contribution in [0.2, 0.25) is 0 Å². The zero-order valence-electron chi connectivity index (χ0n) is 28.0. The standard InChI is InChI=1S/C38H29BF2N6O2/c1-22-33(17-10-27-8-13-31(48-6)14-9-27)25(4)46-37(22)24(3)38-23(2)34(26(5)47(38)39(46,40)41)36(30(20-44)21-45)35(29(18-42)19-43)28-11-15-32(49-7)16-12-28/h8-9,11-16H,1-7H3. The molecule has 0 saturated heterocycles. The second kappa shape index (κ2) is 12.9.